The second-order valence-electron chi connectivity index (χ2n) is 6.44. The molecule has 0 aliphatic carbocycles. The third-order valence-electron chi connectivity index (χ3n) is 4.83. The van der Waals surface area contributed by atoms with Crippen LogP contribution in [0.5, 0.6) is 0 Å². The Labute approximate surface area is 139 Å². The van der Waals surface area contributed by atoms with Crippen LogP contribution in [0.15, 0.2) is 24.3 Å². The zero-order valence-electron chi connectivity index (χ0n) is 13.5. The average Bonchev–Trinajstić information content (AvgIpc) is 2.56. The van der Waals surface area contributed by atoms with Crippen molar-refractivity contribution in [2.45, 2.75) is 38.0 Å². The molecule has 0 bridgehead atoms. The molecule has 1 aromatic carbocycles. The number of halogens is 3. The maximum atomic E-state index is 13.1. The van der Waals surface area contributed by atoms with Crippen LogP contribution in [-0.2, 0) is 12.7 Å². The number of carbonyl (C=O) groups is 1. The number of hydrogen-bond donors (Lipinski definition) is 1. The van der Waals surface area contributed by atoms with Crippen molar-refractivity contribution >= 4 is 6.03 Å². The van der Waals surface area contributed by atoms with E-state index >= 15 is 0 Å². The topological polar surface area (TPSA) is 35.6 Å². The minimum absolute atomic E-state index is 0.0119. The first kappa shape index (κ1) is 17.1. The lowest BCUT2D eigenvalue weighted by molar-refractivity contribution is -0.138. The Balaban J connectivity index is 1.59. The summed E-state index contributed by atoms with van der Waals surface area (Å²) in [7, 11) is 0. The van der Waals surface area contributed by atoms with E-state index in [2.05, 4.69) is 5.32 Å². The van der Waals surface area contributed by atoms with Gasteiger partial charge in [0, 0.05) is 38.8 Å². The Kier molecular flexibility index (Phi) is 4.99. The molecule has 2 heterocycles. The quantitative estimate of drug-likeness (QED) is 0.917. The summed E-state index contributed by atoms with van der Waals surface area (Å²) in [6.07, 6.45) is -1.76. The number of urea groups is 1. The third kappa shape index (κ3) is 3.83. The Morgan fingerprint density at radius 3 is 2.50 bits per heavy atom. The van der Waals surface area contributed by atoms with Gasteiger partial charge >= 0.3 is 12.2 Å². The van der Waals surface area contributed by atoms with Gasteiger partial charge < -0.3 is 10.2 Å². The van der Waals surface area contributed by atoms with E-state index in [4.69, 9.17) is 0 Å². The average molecular weight is 341 g/mol. The normalized spacial score (nSPS) is 21.0. The highest BCUT2D eigenvalue weighted by atomic mass is 19.4. The van der Waals surface area contributed by atoms with Crippen LogP contribution < -0.4 is 5.32 Å². The molecule has 0 saturated carbocycles. The Morgan fingerprint density at radius 1 is 1.12 bits per heavy atom. The third-order valence-corrected chi connectivity index (χ3v) is 4.83. The van der Waals surface area contributed by atoms with Crippen molar-refractivity contribution in [2.24, 2.45) is 0 Å². The van der Waals surface area contributed by atoms with E-state index < -0.39 is 11.7 Å². The second-order valence-corrected chi connectivity index (χ2v) is 6.44. The largest absolute Gasteiger partial charge is 0.416 e. The molecule has 0 atom stereocenters. The van der Waals surface area contributed by atoms with Crippen LogP contribution in [0.2, 0.25) is 0 Å². The number of rotatable bonds is 3. The number of nitrogens with zero attached hydrogens (tertiary/aromatic N) is 2. The van der Waals surface area contributed by atoms with E-state index in [1.54, 1.807) is 12.1 Å². The molecule has 132 valence electrons. The van der Waals surface area contributed by atoms with E-state index in [1.165, 1.54) is 6.07 Å². The molecule has 2 aliphatic rings. The monoisotopic (exact) mass is 341 g/mol. The van der Waals surface area contributed by atoms with Crippen LogP contribution in [0.4, 0.5) is 18.0 Å². The molecule has 2 fully saturated rings. The van der Waals surface area contributed by atoms with Crippen molar-refractivity contribution in [3.63, 3.8) is 0 Å². The molecule has 4 nitrogen and oxygen atoms in total. The van der Waals surface area contributed by atoms with E-state index in [0.29, 0.717) is 25.2 Å². The molecule has 1 N–H and O–H groups in total. The molecule has 2 aliphatic heterocycles. The van der Waals surface area contributed by atoms with Gasteiger partial charge in [-0.1, -0.05) is 18.2 Å². The first-order chi connectivity index (χ1) is 11.4. The van der Waals surface area contributed by atoms with E-state index in [9.17, 15) is 18.0 Å². The molecule has 0 spiro atoms. The molecule has 0 unspecified atom stereocenters. The molecular formula is C17H22F3N3O. The van der Waals surface area contributed by atoms with Gasteiger partial charge in [-0.3, -0.25) is 4.90 Å². The van der Waals surface area contributed by atoms with Crippen molar-refractivity contribution in [3.8, 4) is 0 Å². The van der Waals surface area contributed by atoms with Crippen LogP contribution >= 0.6 is 0 Å². The number of likely N-dealkylation sites (tertiary alicyclic amines) is 1. The van der Waals surface area contributed by atoms with Crippen molar-refractivity contribution in [1.29, 1.82) is 0 Å². The summed E-state index contributed by atoms with van der Waals surface area (Å²) in [4.78, 5) is 15.8. The second kappa shape index (κ2) is 7.01. The molecule has 2 saturated heterocycles. The predicted octanol–water partition coefficient (Wildman–Crippen LogP) is 3.09. The van der Waals surface area contributed by atoms with Gasteiger partial charge in [0.15, 0.2) is 0 Å². The molecule has 0 aromatic heterocycles. The fourth-order valence-electron chi connectivity index (χ4n) is 3.56. The SMILES string of the molecule is O=C1NCCCN1C1CCN(Cc2ccccc2C(F)(F)F)CC1. The van der Waals surface area contributed by atoms with Gasteiger partial charge in [-0.25, -0.2) is 4.79 Å². The lowest BCUT2D eigenvalue weighted by Crippen LogP contribution is -2.54. The maximum absolute atomic E-state index is 13.1. The number of piperidine rings is 1. The van der Waals surface area contributed by atoms with Crippen molar-refractivity contribution in [1.82, 2.24) is 15.1 Å². The highest BCUT2D eigenvalue weighted by Gasteiger charge is 2.34. The van der Waals surface area contributed by atoms with Gasteiger partial charge in [0.05, 0.1) is 5.56 Å². The lowest BCUT2D eigenvalue weighted by Gasteiger charge is -2.40. The summed E-state index contributed by atoms with van der Waals surface area (Å²) in [6, 6.07) is 5.94. The smallest absolute Gasteiger partial charge is 0.338 e. The van der Waals surface area contributed by atoms with Gasteiger partial charge in [0.2, 0.25) is 0 Å². The first-order valence-corrected chi connectivity index (χ1v) is 8.37. The number of carbonyl (C=O) groups excluding carboxylic acids is 1. The summed E-state index contributed by atoms with van der Waals surface area (Å²) in [5.74, 6) is 0. The van der Waals surface area contributed by atoms with Crippen molar-refractivity contribution in [2.75, 3.05) is 26.2 Å². The minimum Gasteiger partial charge on any atom is -0.338 e. The number of alkyl halides is 3. The first-order valence-electron chi connectivity index (χ1n) is 8.37. The molecular weight excluding hydrogens is 319 g/mol. The van der Waals surface area contributed by atoms with Gasteiger partial charge in [0.1, 0.15) is 0 Å². The van der Waals surface area contributed by atoms with E-state index in [0.717, 1.165) is 38.4 Å². The fourth-order valence-corrected chi connectivity index (χ4v) is 3.56. The summed E-state index contributed by atoms with van der Waals surface area (Å²) >= 11 is 0. The van der Waals surface area contributed by atoms with Gasteiger partial charge in [0.25, 0.3) is 0 Å². The molecule has 0 radical (unpaired) electrons. The summed E-state index contributed by atoms with van der Waals surface area (Å²) < 4.78 is 39.2. The lowest BCUT2D eigenvalue weighted by atomic mass is 10.0. The van der Waals surface area contributed by atoms with Crippen molar-refractivity contribution in [3.05, 3.63) is 35.4 Å². The van der Waals surface area contributed by atoms with Gasteiger partial charge in [-0.05, 0) is 30.9 Å². The number of hydrogen-bond acceptors (Lipinski definition) is 2. The zero-order chi connectivity index (χ0) is 17.2. The Morgan fingerprint density at radius 2 is 1.83 bits per heavy atom. The number of amides is 2. The molecule has 2 amide bonds. The van der Waals surface area contributed by atoms with E-state index in [1.807, 2.05) is 9.80 Å². The summed E-state index contributed by atoms with van der Waals surface area (Å²) in [5.41, 5.74) is -0.235. The van der Waals surface area contributed by atoms with Crippen molar-refractivity contribution < 1.29 is 18.0 Å². The highest BCUT2D eigenvalue weighted by Crippen LogP contribution is 2.32. The van der Waals surface area contributed by atoms with Gasteiger partial charge in [-0.15, -0.1) is 0 Å². The van der Waals surface area contributed by atoms with Crippen LogP contribution in [0, 0.1) is 0 Å². The van der Waals surface area contributed by atoms with Crippen LogP contribution in [0.3, 0.4) is 0 Å². The Hall–Kier alpha value is -1.76. The fraction of sp³-hybridized carbons (Fsp3) is 0.588. The minimum atomic E-state index is -4.32. The molecule has 7 heteroatoms. The van der Waals surface area contributed by atoms with Crippen LogP contribution in [0.25, 0.3) is 0 Å². The standard InChI is InChI=1S/C17H22F3N3O/c18-17(19,20)15-5-2-1-4-13(15)12-22-10-6-14(7-11-22)23-9-3-8-21-16(23)24/h1-2,4-5,14H,3,6-12H2,(H,21,24). The van der Waals surface area contributed by atoms with E-state index in [-0.39, 0.29) is 12.1 Å². The molecule has 3 rings (SSSR count). The number of benzene rings is 1. The van der Waals surface area contributed by atoms with Crippen LogP contribution in [0.1, 0.15) is 30.4 Å². The zero-order valence-corrected chi connectivity index (χ0v) is 13.5. The highest BCUT2D eigenvalue weighted by molar-refractivity contribution is 5.75. The molecule has 24 heavy (non-hydrogen) atoms. The number of nitrogens with one attached hydrogen (secondary N) is 1. The van der Waals surface area contributed by atoms with Gasteiger partial charge in [-0.2, -0.15) is 13.2 Å². The summed E-state index contributed by atoms with van der Waals surface area (Å²) in [6.45, 7) is 3.21. The maximum Gasteiger partial charge on any atom is 0.416 e. The van der Waals surface area contributed by atoms with Crippen LogP contribution in [-0.4, -0.2) is 48.1 Å². The predicted molar refractivity (Wildman–Crippen MR) is 84.5 cm³/mol. The summed E-state index contributed by atoms with van der Waals surface area (Å²) in [5, 5.41) is 2.85. The molecule has 1 aromatic rings. The Bertz CT molecular complexity index is 583.